The number of benzene rings is 2. The monoisotopic (exact) mass is 636 g/mol. The van der Waals surface area contributed by atoms with Crippen LogP contribution in [0.4, 0.5) is 10.5 Å². The molecule has 0 saturated heterocycles. The molecule has 46 heavy (non-hydrogen) atoms. The van der Waals surface area contributed by atoms with Crippen molar-refractivity contribution < 1.29 is 29.0 Å². The fourth-order valence-electron chi connectivity index (χ4n) is 6.22. The molecule has 2 aliphatic rings. The molecule has 1 saturated carbocycles. The molecule has 1 heterocycles. The van der Waals surface area contributed by atoms with Gasteiger partial charge in [0.05, 0.1) is 30.4 Å². The van der Waals surface area contributed by atoms with Crippen molar-refractivity contribution in [2.45, 2.75) is 96.4 Å². The van der Waals surface area contributed by atoms with Crippen LogP contribution in [0.3, 0.4) is 0 Å². The molecule has 10 nitrogen and oxygen atoms in total. The fraction of sp³-hybridized carbons (Fsp3) is 0.583. The number of aliphatic hydroxyl groups is 1. The lowest BCUT2D eigenvalue weighted by molar-refractivity contribution is -0.0149. The standard InChI is InChI=1S/C36H52N4O6/c1-25-22-40(26(2)24-41)35(43)31-21-30(38-36(44)37-29-16-9-6-10-17-29)18-19-32(31)46-27(3)13-11-12-20-45-33(25)23-39(4)34(42)28-14-7-5-8-15-28/h5,7-8,14-15,18-19,21,25-27,29,33,41H,6,9-13,16-17,20,22-24H2,1-4H3,(H2,37,38,44)/t25-,26+,27-,33+/m0/s1. The molecule has 0 aromatic heterocycles. The maximum atomic E-state index is 14.3. The Hall–Kier alpha value is -3.63. The van der Waals surface area contributed by atoms with Crippen molar-refractivity contribution in [3.8, 4) is 5.75 Å². The number of carbonyl (C=O) groups is 3. The maximum absolute atomic E-state index is 14.3. The van der Waals surface area contributed by atoms with Crippen LogP contribution in [0.5, 0.6) is 5.75 Å². The van der Waals surface area contributed by atoms with Gasteiger partial charge in [-0.3, -0.25) is 9.59 Å². The van der Waals surface area contributed by atoms with Crippen molar-refractivity contribution in [2.75, 3.05) is 38.7 Å². The van der Waals surface area contributed by atoms with E-state index in [-0.39, 0.29) is 55.2 Å². The van der Waals surface area contributed by atoms with Gasteiger partial charge in [-0.05, 0) is 76.3 Å². The van der Waals surface area contributed by atoms with Gasteiger partial charge in [0.2, 0.25) is 0 Å². The van der Waals surface area contributed by atoms with Gasteiger partial charge in [-0.2, -0.15) is 0 Å². The van der Waals surface area contributed by atoms with E-state index in [4.69, 9.17) is 9.47 Å². The first kappa shape index (κ1) is 35.2. The number of hydrogen-bond acceptors (Lipinski definition) is 6. The molecule has 0 bridgehead atoms. The molecule has 1 aliphatic carbocycles. The minimum Gasteiger partial charge on any atom is -0.490 e. The maximum Gasteiger partial charge on any atom is 0.319 e. The van der Waals surface area contributed by atoms with Gasteiger partial charge >= 0.3 is 6.03 Å². The minimum atomic E-state index is -0.497. The van der Waals surface area contributed by atoms with Gasteiger partial charge < -0.3 is 35.0 Å². The molecule has 4 amide bonds. The van der Waals surface area contributed by atoms with Gasteiger partial charge in [0.15, 0.2) is 0 Å². The lowest BCUT2D eigenvalue weighted by Gasteiger charge is -2.36. The quantitative estimate of drug-likeness (QED) is 0.358. The Morgan fingerprint density at radius 2 is 1.74 bits per heavy atom. The number of nitrogens with one attached hydrogen (secondary N) is 2. The van der Waals surface area contributed by atoms with Crippen LogP contribution in [0, 0.1) is 5.92 Å². The molecule has 0 spiro atoms. The van der Waals surface area contributed by atoms with Crippen LogP contribution in [-0.2, 0) is 4.74 Å². The van der Waals surface area contributed by atoms with E-state index in [1.807, 2.05) is 32.0 Å². The number of aliphatic hydroxyl groups excluding tert-OH is 1. The Kier molecular flexibility index (Phi) is 13.3. The highest BCUT2D eigenvalue weighted by Crippen LogP contribution is 2.29. The molecule has 4 atom stereocenters. The van der Waals surface area contributed by atoms with Crippen LogP contribution in [0.2, 0.25) is 0 Å². The number of amides is 4. The van der Waals surface area contributed by atoms with Gasteiger partial charge in [-0.1, -0.05) is 44.4 Å². The van der Waals surface area contributed by atoms with Crippen LogP contribution in [0.15, 0.2) is 48.5 Å². The summed E-state index contributed by atoms with van der Waals surface area (Å²) in [7, 11) is 1.77. The zero-order valence-corrected chi connectivity index (χ0v) is 27.9. The van der Waals surface area contributed by atoms with Gasteiger partial charge in [0.25, 0.3) is 11.8 Å². The summed E-state index contributed by atoms with van der Waals surface area (Å²) in [4.78, 5) is 43.7. The molecule has 0 radical (unpaired) electrons. The number of hydrogen-bond donors (Lipinski definition) is 3. The predicted molar refractivity (Wildman–Crippen MR) is 179 cm³/mol. The van der Waals surface area contributed by atoms with Crippen LogP contribution >= 0.6 is 0 Å². The molecule has 2 aromatic carbocycles. The fourth-order valence-corrected chi connectivity index (χ4v) is 6.22. The average molecular weight is 637 g/mol. The highest BCUT2D eigenvalue weighted by atomic mass is 16.5. The number of anilines is 1. The first-order chi connectivity index (χ1) is 22.2. The van der Waals surface area contributed by atoms with Crippen LogP contribution in [-0.4, -0.2) is 90.4 Å². The third-order valence-corrected chi connectivity index (χ3v) is 9.07. The number of urea groups is 1. The second-order valence-electron chi connectivity index (χ2n) is 13.0. The van der Waals surface area contributed by atoms with Crippen molar-refractivity contribution in [1.29, 1.82) is 0 Å². The van der Waals surface area contributed by atoms with E-state index in [2.05, 4.69) is 10.6 Å². The molecule has 2 aromatic rings. The van der Waals surface area contributed by atoms with Crippen molar-refractivity contribution in [2.24, 2.45) is 5.92 Å². The number of rotatable bonds is 7. The summed E-state index contributed by atoms with van der Waals surface area (Å²) in [6, 6.07) is 13.7. The zero-order chi connectivity index (χ0) is 33.1. The summed E-state index contributed by atoms with van der Waals surface area (Å²) in [6.45, 7) is 6.72. The average Bonchev–Trinajstić information content (AvgIpc) is 3.06. The zero-order valence-electron chi connectivity index (χ0n) is 27.9. The number of fused-ring (bicyclic) bond motifs is 1. The normalized spacial score (nSPS) is 22.5. The highest BCUT2D eigenvalue weighted by Gasteiger charge is 2.31. The molecular formula is C36H52N4O6. The summed E-state index contributed by atoms with van der Waals surface area (Å²) in [5.74, 6) is -0.134. The Morgan fingerprint density at radius 3 is 2.46 bits per heavy atom. The second-order valence-corrected chi connectivity index (χ2v) is 13.0. The van der Waals surface area contributed by atoms with E-state index >= 15 is 0 Å². The van der Waals surface area contributed by atoms with Gasteiger partial charge in [0.1, 0.15) is 5.75 Å². The molecule has 10 heteroatoms. The highest BCUT2D eigenvalue weighted by molar-refractivity contribution is 5.99. The van der Waals surface area contributed by atoms with E-state index in [1.54, 1.807) is 54.1 Å². The van der Waals surface area contributed by atoms with Gasteiger partial charge in [0, 0.05) is 50.0 Å². The van der Waals surface area contributed by atoms with E-state index in [9.17, 15) is 19.5 Å². The van der Waals surface area contributed by atoms with E-state index in [1.165, 1.54) is 6.42 Å². The molecular weight excluding hydrogens is 584 g/mol. The molecule has 1 fully saturated rings. The number of nitrogens with zero attached hydrogens (tertiary/aromatic N) is 2. The largest absolute Gasteiger partial charge is 0.490 e. The first-order valence-corrected chi connectivity index (χ1v) is 16.9. The first-order valence-electron chi connectivity index (χ1n) is 16.9. The van der Waals surface area contributed by atoms with Crippen LogP contribution < -0.4 is 15.4 Å². The van der Waals surface area contributed by atoms with E-state index in [0.717, 1.165) is 44.9 Å². The minimum absolute atomic E-state index is 0.0973. The summed E-state index contributed by atoms with van der Waals surface area (Å²) >= 11 is 0. The van der Waals surface area contributed by atoms with Crippen molar-refractivity contribution >= 4 is 23.5 Å². The Balaban J connectivity index is 1.58. The lowest BCUT2D eigenvalue weighted by atomic mass is 9.96. The summed E-state index contributed by atoms with van der Waals surface area (Å²) in [5.41, 5.74) is 1.41. The second kappa shape index (κ2) is 17.3. The Bertz CT molecular complexity index is 1280. The lowest BCUT2D eigenvalue weighted by Crippen LogP contribution is -2.48. The van der Waals surface area contributed by atoms with Gasteiger partial charge in [-0.15, -0.1) is 0 Å². The Labute approximate surface area is 273 Å². The van der Waals surface area contributed by atoms with Gasteiger partial charge in [-0.25, -0.2) is 4.79 Å². The topological polar surface area (TPSA) is 120 Å². The Morgan fingerprint density at radius 1 is 1.02 bits per heavy atom. The van der Waals surface area contributed by atoms with Crippen molar-refractivity contribution in [3.05, 3.63) is 59.7 Å². The SMILES string of the molecule is C[C@H](CO)N1C[C@H](C)[C@@H](CN(C)C(=O)c2ccccc2)OCCCC[C@H](C)Oc2ccc(NC(=O)NC3CCCCC3)cc2C1=O. The molecule has 3 N–H and O–H groups in total. The third-order valence-electron chi connectivity index (χ3n) is 9.07. The van der Waals surface area contributed by atoms with Crippen molar-refractivity contribution in [1.82, 2.24) is 15.1 Å². The summed E-state index contributed by atoms with van der Waals surface area (Å²) in [5, 5.41) is 16.2. The number of carbonyl (C=O) groups excluding carboxylic acids is 3. The third kappa shape index (κ3) is 9.93. The smallest absolute Gasteiger partial charge is 0.319 e. The number of likely N-dealkylation sites (N-methyl/N-ethyl adjacent to an activating group) is 1. The van der Waals surface area contributed by atoms with Crippen molar-refractivity contribution in [3.63, 3.8) is 0 Å². The molecule has 0 unspecified atom stereocenters. The van der Waals surface area contributed by atoms with E-state index < -0.39 is 6.04 Å². The molecule has 4 rings (SSSR count). The van der Waals surface area contributed by atoms with E-state index in [0.29, 0.717) is 35.7 Å². The summed E-state index contributed by atoms with van der Waals surface area (Å²) < 4.78 is 12.7. The van der Waals surface area contributed by atoms with Crippen LogP contribution in [0.1, 0.15) is 92.9 Å². The number of ether oxygens (including phenoxy) is 2. The summed E-state index contributed by atoms with van der Waals surface area (Å²) in [6.07, 6.45) is 7.32. The molecule has 1 aliphatic heterocycles. The molecule has 252 valence electrons. The predicted octanol–water partition coefficient (Wildman–Crippen LogP) is 5.71. The van der Waals surface area contributed by atoms with Crippen LogP contribution in [0.25, 0.3) is 0 Å².